The molecule has 1 aliphatic heterocycles. The second-order valence-corrected chi connectivity index (χ2v) is 9.87. The standard InChI is InChI=1S/C21H22N2O2S3/c1-4-21(2)10-14-16(11-25-21)28-19-17(14)18(22-20(23-19)26-3)27-12-15(24)13-8-6-5-7-9-13/h5-9H,4,10-12H2,1-3H3. The van der Waals surface area contributed by atoms with Crippen molar-refractivity contribution in [2.45, 2.75) is 49.1 Å². The predicted molar refractivity (Wildman–Crippen MR) is 118 cm³/mol. The summed E-state index contributed by atoms with van der Waals surface area (Å²) in [6, 6.07) is 9.44. The van der Waals surface area contributed by atoms with Gasteiger partial charge >= 0.3 is 0 Å². The summed E-state index contributed by atoms with van der Waals surface area (Å²) in [7, 11) is 0. The molecule has 0 saturated heterocycles. The fourth-order valence-electron chi connectivity index (χ4n) is 3.28. The molecule has 0 spiro atoms. The molecule has 3 heterocycles. The first kappa shape index (κ1) is 19.9. The number of carbonyl (C=O) groups is 1. The molecule has 28 heavy (non-hydrogen) atoms. The molecule has 1 aromatic carbocycles. The van der Waals surface area contributed by atoms with Crippen LogP contribution in [0.25, 0.3) is 10.2 Å². The molecule has 0 N–H and O–H groups in total. The van der Waals surface area contributed by atoms with Gasteiger partial charge in [0.05, 0.1) is 18.0 Å². The number of fused-ring (bicyclic) bond motifs is 3. The highest BCUT2D eigenvalue weighted by Crippen LogP contribution is 2.43. The van der Waals surface area contributed by atoms with E-state index in [1.807, 2.05) is 36.6 Å². The molecule has 1 atom stereocenters. The number of nitrogens with zero attached hydrogens (tertiary/aromatic N) is 2. The molecule has 4 rings (SSSR count). The topological polar surface area (TPSA) is 52.1 Å². The van der Waals surface area contributed by atoms with E-state index in [-0.39, 0.29) is 11.4 Å². The van der Waals surface area contributed by atoms with Crippen LogP contribution in [0.2, 0.25) is 0 Å². The molecular formula is C21H22N2O2S3. The second-order valence-electron chi connectivity index (χ2n) is 7.05. The number of Topliss-reactive ketones (excluding diaryl/α,β-unsaturated/α-hetero) is 1. The third-order valence-electron chi connectivity index (χ3n) is 5.15. The van der Waals surface area contributed by atoms with Crippen LogP contribution in [0.4, 0.5) is 0 Å². The van der Waals surface area contributed by atoms with Crippen molar-refractivity contribution in [3.63, 3.8) is 0 Å². The monoisotopic (exact) mass is 430 g/mol. The van der Waals surface area contributed by atoms with Gasteiger partial charge in [-0.25, -0.2) is 9.97 Å². The number of ether oxygens (including phenoxy) is 1. The van der Waals surface area contributed by atoms with Crippen LogP contribution in [0, 0.1) is 0 Å². The van der Waals surface area contributed by atoms with Gasteiger partial charge in [-0.1, -0.05) is 60.8 Å². The van der Waals surface area contributed by atoms with Gasteiger partial charge in [-0.15, -0.1) is 11.3 Å². The smallest absolute Gasteiger partial charge is 0.189 e. The van der Waals surface area contributed by atoms with Crippen molar-refractivity contribution in [3.05, 3.63) is 46.3 Å². The lowest BCUT2D eigenvalue weighted by atomic mass is 9.90. The Morgan fingerprint density at radius 1 is 1.29 bits per heavy atom. The van der Waals surface area contributed by atoms with E-state index in [1.54, 1.807) is 11.3 Å². The van der Waals surface area contributed by atoms with E-state index < -0.39 is 0 Å². The van der Waals surface area contributed by atoms with Crippen LogP contribution in [0.5, 0.6) is 0 Å². The fraction of sp³-hybridized carbons (Fsp3) is 0.381. The van der Waals surface area contributed by atoms with Crippen LogP contribution in [-0.4, -0.2) is 33.4 Å². The molecular weight excluding hydrogens is 408 g/mol. The molecule has 3 aromatic rings. The molecule has 2 aromatic heterocycles. The molecule has 0 aliphatic carbocycles. The highest BCUT2D eigenvalue weighted by atomic mass is 32.2. The fourth-order valence-corrected chi connectivity index (χ4v) is 5.88. The maximum Gasteiger partial charge on any atom is 0.189 e. The largest absolute Gasteiger partial charge is 0.369 e. The third kappa shape index (κ3) is 3.85. The van der Waals surface area contributed by atoms with Gasteiger partial charge in [-0.2, -0.15) is 0 Å². The summed E-state index contributed by atoms with van der Waals surface area (Å²) < 4.78 is 6.12. The van der Waals surface area contributed by atoms with Crippen LogP contribution < -0.4 is 0 Å². The lowest BCUT2D eigenvalue weighted by Gasteiger charge is -2.33. The first-order valence-electron chi connectivity index (χ1n) is 9.24. The molecule has 4 nitrogen and oxygen atoms in total. The van der Waals surface area contributed by atoms with Gasteiger partial charge < -0.3 is 4.74 Å². The number of thioether (sulfide) groups is 2. The van der Waals surface area contributed by atoms with Crippen LogP contribution in [0.15, 0.2) is 40.5 Å². The Kier molecular flexibility index (Phi) is 5.78. The van der Waals surface area contributed by atoms with Gasteiger partial charge in [-0.3, -0.25) is 4.79 Å². The van der Waals surface area contributed by atoms with Crippen molar-refractivity contribution in [2.24, 2.45) is 0 Å². The summed E-state index contributed by atoms with van der Waals surface area (Å²) in [5.74, 6) is 0.490. The van der Waals surface area contributed by atoms with Crippen molar-refractivity contribution >= 4 is 50.9 Å². The minimum absolute atomic E-state index is 0.119. The first-order valence-corrected chi connectivity index (χ1v) is 12.3. The van der Waals surface area contributed by atoms with Crippen molar-refractivity contribution < 1.29 is 9.53 Å². The number of thiophene rings is 1. The van der Waals surface area contributed by atoms with E-state index in [9.17, 15) is 4.79 Å². The van der Waals surface area contributed by atoms with E-state index in [4.69, 9.17) is 14.7 Å². The van der Waals surface area contributed by atoms with Crippen molar-refractivity contribution in [2.75, 3.05) is 12.0 Å². The maximum absolute atomic E-state index is 12.6. The predicted octanol–water partition coefficient (Wildman–Crippen LogP) is 5.63. The zero-order valence-corrected chi connectivity index (χ0v) is 18.6. The first-order chi connectivity index (χ1) is 13.5. The van der Waals surface area contributed by atoms with Crippen molar-refractivity contribution in [1.29, 1.82) is 0 Å². The van der Waals surface area contributed by atoms with Gasteiger partial charge in [0.1, 0.15) is 9.86 Å². The Morgan fingerprint density at radius 2 is 2.07 bits per heavy atom. The Labute approximate surface area is 177 Å². The third-order valence-corrected chi connectivity index (χ3v) is 7.77. The zero-order chi connectivity index (χ0) is 19.7. The number of benzene rings is 1. The number of aromatic nitrogens is 2. The van der Waals surface area contributed by atoms with Gasteiger partial charge in [0.15, 0.2) is 10.9 Å². The average Bonchev–Trinajstić information content (AvgIpc) is 3.09. The molecule has 146 valence electrons. The second kappa shape index (κ2) is 8.14. The normalized spacial score (nSPS) is 19.0. The molecule has 0 saturated carbocycles. The minimum Gasteiger partial charge on any atom is -0.369 e. The number of rotatable bonds is 6. The van der Waals surface area contributed by atoms with Gasteiger partial charge in [-0.05, 0) is 25.2 Å². The summed E-state index contributed by atoms with van der Waals surface area (Å²) in [5, 5.41) is 2.78. The van der Waals surface area contributed by atoms with E-state index in [1.165, 1.54) is 34.0 Å². The lowest BCUT2D eigenvalue weighted by molar-refractivity contribution is -0.0543. The summed E-state index contributed by atoms with van der Waals surface area (Å²) in [6.45, 7) is 4.96. The van der Waals surface area contributed by atoms with E-state index in [0.29, 0.717) is 12.4 Å². The Bertz CT molecular complexity index is 1020. The molecule has 1 aliphatic rings. The number of hydrogen-bond donors (Lipinski definition) is 0. The molecule has 0 radical (unpaired) electrons. The minimum atomic E-state index is -0.152. The van der Waals surface area contributed by atoms with E-state index in [0.717, 1.165) is 38.8 Å². The summed E-state index contributed by atoms with van der Waals surface area (Å²) >= 11 is 4.75. The molecule has 7 heteroatoms. The Hall–Kier alpha value is -1.41. The SMILES string of the molecule is CCC1(C)Cc2c(sc3nc(SC)nc(SCC(=O)c4ccccc4)c23)CO1. The quantitative estimate of drug-likeness (QED) is 0.219. The summed E-state index contributed by atoms with van der Waals surface area (Å²) in [4.78, 5) is 24.3. The molecule has 1 unspecified atom stereocenters. The molecule has 0 amide bonds. The molecule has 0 fully saturated rings. The lowest BCUT2D eigenvalue weighted by Crippen LogP contribution is -2.33. The maximum atomic E-state index is 12.6. The van der Waals surface area contributed by atoms with Crippen LogP contribution in [-0.2, 0) is 17.8 Å². The van der Waals surface area contributed by atoms with Gasteiger partial charge in [0, 0.05) is 22.2 Å². The average molecular weight is 431 g/mol. The van der Waals surface area contributed by atoms with Crippen LogP contribution >= 0.6 is 34.9 Å². The highest BCUT2D eigenvalue weighted by Gasteiger charge is 2.33. The van der Waals surface area contributed by atoms with E-state index >= 15 is 0 Å². The number of hydrogen-bond acceptors (Lipinski definition) is 7. The highest BCUT2D eigenvalue weighted by molar-refractivity contribution is 8.00. The van der Waals surface area contributed by atoms with Crippen molar-refractivity contribution in [1.82, 2.24) is 9.97 Å². The Balaban J connectivity index is 1.70. The van der Waals surface area contributed by atoms with Gasteiger partial charge in [0.25, 0.3) is 0 Å². The number of ketones is 1. The molecule has 0 bridgehead atoms. The van der Waals surface area contributed by atoms with Crippen molar-refractivity contribution in [3.8, 4) is 0 Å². The van der Waals surface area contributed by atoms with Crippen LogP contribution in [0.1, 0.15) is 41.1 Å². The zero-order valence-electron chi connectivity index (χ0n) is 16.2. The Morgan fingerprint density at radius 3 is 2.79 bits per heavy atom. The van der Waals surface area contributed by atoms with E-state index in [2.05, 4.69) is 13.8 Å². The summed E-state index contributed by atoms with van der Waals surface area (Å²) in [6.07, 6.45) is 3.80. The summed E-state index contributed by atoms with van der Waals surface area (Å²) in [5.41, 5.74) is 1.89. The van der Waals surface area contributed by atoms with Crippen LogP contribution in [0.3, 0.4) is 0 Å². The van der Waals surface area contributed by atoms with Gasteiger partial charge in [0.2, 0.25) is 0 Å². The number of carbonyl (C=O) groups excluding carboxylic acids is 1.